The lowest BCUT2D eigenvalue weighted by molar-refractivity contribution is -0.289. The van der Waals surface area contributed by atoms with Crippen LogP contribution >= 0.6 is 19.4 Å². The summed E-state index contributed by atoms with van der Waals surface area (Å²) < 4.78 is 47.6. The van der Waals surface area contributed by atoms with Gasteiger partial charge in [0.1, 0.15) is 0 Å². The molecule has 0 unspecified atom stereocenters. The van der Waals surface area contributed by atoms with E-state index in [0.29, 0.717) is 15.2 Å². The van der Waals surface area contributed by atoms with Crippen molar-refractivity contribution < 1.29 is 61.5 Å². The van der Waals surface area contributed by atoms with Gasteiger partial charge in [0.15, 0.2) is 18.4 Å². The summed E-state index contributed by atoms with van der Waals surface area (Å²) in [6, 6.07) is 7.48. The van der Waals surface area contributed by atoms with Crippen LogP contribution in [0.3, 0.4) is 0 Å². The lowest BCUT2D eigenvalue weighted by Gasteiger charge is -2.33. The van der Waals surface area contributed by atoms with E-state index in [1.165, 1.54) is 27.7 Å². The third kappa shape index (κ3) is 9.34. The first-order valence-corrected chi connectivity index (χ1v) is 16.0. The standard InChI is InChI=1S/C26H31ClN5O15P/c1-14(2)43-45-24(35)40-20-21(41-25(36)46-44-15(3)4)26(30-31-28,42-22(20)32-10-8-19(33)29-23(32)34)13-39-48(37)38-11-9-18(47-48)16-6-5-7-17(27)12-16/h5-8,10,12,14-15,18,20-22H,9,11,13H2,1-4H3,(H,29,33,34)/t18-,20+,21-,22+,26+,48+/m0/s1. The largest absolute Gasteiger partial charge is 0.541 e. The molecule has 0 saturated carbocycles. The summed E-state index contributed by atoms with van der Waals surface area (Å²) >= 11 is 6.09. The van der Waals surface area contributed by atoms with Gasteiger partial charge < -0.3 is 14.2 Å². The number of halogens is 1. The van der Waals surface area contributed by atoms with Gasteiger partial charge in [0, 0.05) is 28.6 Å². The summed E-state index contributed by atoms with van der Waals surface area (Å²) in [5.74, 6) is 0. The number of phosphoric ester groups is 1. The van der Waals surface area contributed by atoms with Gasteiger partial charge in [-0.3, -0.25) is 37.7 Å². The molecule has 2 aliphatic rings. The van der Waals surface area contributed by atoms with Crippen molar-refractivity contribution in [2.24, 2.45) is 5.11 Å². The average Bonchev–Trinajstić information content (AvgIpc) is 3.30. The molecule has 48 heavy (non-hydrogen) atoms. The summed E-state index contributed by atoms with van der Waals surface area (Å²) in [7, 11) is -4.50. The maximum absolute atomic E-state index is 13.7. The van der Waals surface area contributed by atoms with Gasteiger partial charge >= 0.3 is 25.8 Å². The molecule has 2 saturated heterocycles. The quantitative estimate of drug-likeness (QED) is 0.0591. The number of nitrogens with zero attached hydrogens (tertiary/aromatic N) is 4. The van der Waals surface area contributed by atoms with Crippen LogP contribution in [-0.2, 0) is 51.9 Å². The van der Waals surface area contributed by atoms with Crippen LogP contribution in [-0.4, -0.2) is 65.2 Å². The Morgan fingerprint density at radius 2 is 1.83 bits per heavy atom. The highest BCUT2D eigenvalue weighted by atomic mass is 35.5. The molecule has 4 rings (SSSR count). The van der Waals surface area contributed by atoms with Gasteiger partial charge in [0.25, 0.3) is 5.56 Å². The molecule has 6 atom stereocenters. The van der Waals surface area contributed by atoms with E-state index in [9.17, 15) is 29.3 Å². The van der Waals surface area contributed by atoms with Crippen LogP contribution in [0.25, 0.3) is 10.4 Å². The zero-order valence-corrected chi connectivity index (χ0v) is 27.4. The topological polar surface area (TPSA) is 247 Å². The van der Waals surface area contributed by atoms with E-state index in [0.717, 1.165) is 12.3 Å². The predicted molar refractivity (Wildman–Crippen MR) is 158 cm³/mol. The lowest BCUT2D eigenvalue weighted by atomic mass is 10.1. The van der Waals surface area contributed by atoms with Gasteiger partial charge in [-0.15, -0.1) is 0 Å². The highest BCUT2D eigenvalue weighted by molar-refractivity contribution is 7.48. The van der Waals surface area contributed by atoms with Crippen LogP contribution in [0.4, 0.5) is 9.59 Å². The van der Waals surface area contributed by atoms with Crippen molar-refractivity contribution in [2.75, 3.05) is 13.2 Å². The first-order valence-electron chi connectivity index (χ1n) is 14.2. The van der Waals surface area contributed by atoms with Crippen LogP contribution in [0, 0.1) is 0 Å². The van der Waals surface area contributed by atoms with Crippen molar-refractivity contribution in [3.63, 3.8) is 0 Å². The Bertz CT molecular complexity index is 1680. The molecule has 3 heterocycles. The Morgan fingerprint density at radius 1 is 1.15 bits per heavy atom. The molecule has 1 aromatic carbocycles. The molecule has 1 N–H and O–H groups in total. The highest BCUT2D eigenvalue weighted by Gasteiger charge is 2.62. The fourth-order valence-electron chi connectivity index (χ4n) is 4.38. The Kier molecular flexibility index (Phi) is 12.2. The smallest absolute Gasteiger partial charge is 0.421 e. The summed E-state index contributed by atoms with van der Waals surface area (Å²) in [6.07, 6.45) is -9.77. The van der Waals surface area contributed by atoms with E-state index in [-0.39, 0.29) is 13.0 Å². The van der Waals surface area contributed by atoms with Crippen molar-refractivity contribution in [3.8, 4) is 0 Å². The number of nitrogens with one attached hydrogen (secondary N) is 1. The molecule has 2 aromatic rings. The number of benzene rings is 1. The van der Waals surface area contributed by atoms with Gasteiger partial charge in [-0.2, -0.15) is 9.78 Å². The van der Waals surface area contributed by atoms with Gasteiger partial charge in [0.05, 0.1) is 31.5 Å². The fraction of sp³-hybridized carbons (Fsp3) is 0.538. The minimum Gasteiger partial charge on any atom is -0.421 e. The molecule has 0 aliphatic carbocycles. The number of aromatic nitrogens is 2. The Morgan fingerprint density at radius 3 is 2.46 bits per heavy atom. The first kappa shape index (κ1) is 36.9. The molecule has 2 fully saturated rings. The molecule has 0 bridgehead atoms. The monoisotopic (exact) mass is 719 g/mol. The molecule has 2 aliphatic heterocycles. The van der Waals surface area contributed by atoms with Gasteiger partial charge in [-0.25, -0.2) is 18.9 Å². The summed E-state index contributed by atoms with van der Waals surface area (Å²) in [5, 5.41) is 3.99. The summed E-state index contributed by atoms with van der Waals surface area (Å²) in [5.41, 5.74) is 5.66. The minimum absolute atomic E-state index is 0.106. The van der Waals surface area contributed by atoms with Gasteiger partial charge in [-0.05, 0) is 50.9 Å². The number of rotatable bonds is 12. The highest BCUT2D eigenvalue weighted by Crippen LogP contribution is 2.58. The predicted octanol–water partition coefficient (Wildman–Crippen LogP) is 4.75. The van der Waals surface area contributed by atoms with Crippen LogP contribution in [0.2, 0.25) is 5.02 Å². The third-order valence-electron chi connectivity index (χ3n) is 6.30. The second kappa shape index (κ2) is 16.0. The Labute approximate surface area is 276 Å². The number of carbonyl (C=O) groups is 2. The SMILES string of the molecule is CC(C)OOC(=O)O[C@H]1[C@H](n2ccc(=O)[nH]c2=O)O[C@@](CO[P@@]2(=O)OCC[C@@H](c3cccc(Cl)c3)O2)(N=[N+]=[N-])[C@H]1OC(=O)OOC(C)C. The number of H-pyrrole nitrogens is 1. The molecule has 1 aromatic heterocycles. The number of azide groups is 1. The van der Waals surface area contributed by atoms with Gasteiger partial charge in [0.2, 0.25) is 5.72 Å². The first-order chi connectivity index (χ1) is 22.7. The third-order valence-corrected chi connectivity index (χ3v) is 7.99. The lowest BCUT2D eigenvalue weighted by Crippen LogP contribution is -2.49. The zero-order valence-electron chi connectivity index (χ0n) is 25.8. The minimum atomic E-state index is -4.50. The summed E-state index contributed by atoms with van der Waals surface area (Å²) in [6.45, 7) is 4.94. The normalized spacial score (nSPS) is 26.9. The van der Waals surface area contributed by atoms with E-state index in [1.807, 2.05) is 4.98 Å². The van der Waals surface area contributed by atoms with Crippen LogP contribution < -0.4 is 11.2 Å². The van der Waals surface area contributed by atoms with E-state index in [2.05, 4.69) is 19.8 Å². The van der Waals surface area contributed by atoms with Crippen molar-refractivity contribution in [1.82, 2.24) is 9.55 Å². The van der Waals surface area contributed by atoms with Crippen LogP contribution in [0.15, 0.2) is 51.2 Å². The number of aromatic amines is 1. The number of carbonyl (C=O) groups excluding carboxylic acids is 2. The number of ether oxygens (including phenoxy) is 3. The van der Waals surface area contributed by atoms with E-state index >= 15 is 0 Å². The second-order valence-corrected chi connectivity index (χ2v) is 12.7. The van der Waals surface area contributed by atoms with Crippen molar-refractivity contribution >= 4 is 31.7 Å². The van der Waals surface area contributed by atoms with Crippen molar-refractivity contribution in [3.05, 3.63) is 78.4 Å². The van der Waals surface area contributed by atoms with Crippen molar-refractivity contribution in [2.45, 2.75) is 76.6 Å². The number of phosphoric acid groups is 1. The molecule has 0 radical (unpaired) electrons. The maximum atomic E-state index is 13.7. The number of hydrogen-bond donors (Lipinski definition) is 1. The van der Waals surface area contributed by atoms with E-state index in [1.54, 1.807) is 24.3 Å². The zero-order chi connectivity index (χ0) is 35.1. The molecule has 20 nitrogen and oxygen atoms in total. The Balaban J connectivity index is 1.73. The molecular formula is C26H31ClN5O15P. The molecule has 22 heteroatoms. The Hall–Kier alpha value is -3.97. The number of hydrogen-bond acceptors (Lipinski definition) is 16. The maximum Gasteiger partial charge on any atom is 0.541 e. The van der Waals surface area contributed by atoms with E-state index < -0.39 is 80.5 Å². The van der Waals surface area contributed by atoms with Crippen LogP contribution in [0.1, 0.15) is 52.0 Å². The van der Waals surface area contributed by atoms with Crippen molar-refractivity contribution in [1.29, 1.82) is 0 Å². The molecule has 0 amide bonds. The fourth-order valence-corrected chi connectivity index (χ4v) is 5.99. The van der Waals surface area contributed by atoms with E-state index in [4.69, 9.17) is 49.2 Å². The summed E-state index contributed by atoms with van der Waals surface area (Å²) in [4.78, 5) is 73.7. The molecule has 0 spiro atoms. The molecular weight excluding hydrogens is 689 g/mol. The second-order valence-electron chi connectivity index (χ2n) is 10.6. The van der Waals surface area contributed by atoms with Gasteiger partial charge in [-0.1, -0.05) is 28.8 Å². The van der Waals surface area contributed by atoms with Crippen LogP contribution in [0.5, 0.6) is 0 Å². The average molecular weight is 720 g/mol. The molecule has 262 valence electrons.